The van der Waals surface area contributed by atoms with Crippen molar-refractivity contribution in [2.75, 3.05) is 6.54 Å². The van der Waals surface area contributed by atoms with Gasteiger partial charge in [-0.1, -0.05) is 5.11 Å². The highest BCUT2D eigenvalue weighted by molar-refractivity contribution is 5.68. The van der Waals surface area contributed by atoms with Gasteiger partial charge < -0.3 is 9.64 Å². The molecule has 0 N–H and O–H groups in total. The second kappa shape index (κ2) is 7.80. The molecule has 0 heterocycles. The molecule has 1 fully saturated rings. The molecule has 0 saturated heterocycles. The van der Waals surface area contributed by atoms with Crippen molar-refractivity contribution < 1.29 is 9.53 Å². The molecule has 1 aliphatic carbocycles. The van der Waals surface area contributed by atoms with E-state index in [4.69, 9.17) is 16.7 Å². The zero-order chi connectivity index (χ0) is 15.9. The van der Waals surface area contributed by atoms with Gasteiger partial charge in [0, 0.05) is 30.0 Å². The summed E-state index contributed by atoms with van der Waals surface area (Å²) in [6.07, 6.45) is 8.72. The van der Waals surface area contributed by atoms with Crippen molar-refractivity contribution in [3.05, 3.63) is 10.4 Å². The largest absolute Gasteiger partial charge is 0.444 e. The Morgan fingerprint density at radius 3 is 2.52 bits per heavy atom. The fourth-order valence-corrected chi connectivity index (χ4v) is 2.49. The number of carbonyl (C=O) groups is 1. The summed E-state index contributed by atoms with van der Waals surface area (Å²) in [6.45, 7) is 6.05. The summed E-state index contributed by atoms with van der Waals surface area (Å²) in [5.74, 6) is 2.57. The number of azide groups is 1. The molecular formula is C15H24N4O2. The van der Waals surface area contributed by atoms with Gasteiger partial charge >= 0.3 is 6.09 Å². The lowest BCUT2D eigenvalue weighted by molar-refractivity contribution is 0.0122. The van der Waals surface area contributed by atoms with E-state index in [-0.39, 0.29) is 18.2 Å². The summed E-state index contributed by atoms with van der Waals surface area (Å²) in [6, 6.07) is 0.151. The minimum absolute atomic E-state index is 0.0411. The molecule has 1 aliphatic rings. The van der Waals surface area contributed by atoms with Gasteiger partial charge in [0.25, 0.3) is 0 Å². The lowest BCUT2D eigenvalue weighted by Crippen LogP contribution is -2.45. The molecule has 0 aromatic carbocycles. The van der Waals surface area contributed by atoms with E-state index < -0.39 is 5.60 Å². The van der Waals surface area contributed by atoms with Crippen molar-refractivity contribution in [2.45, 2.75) is 70.6 Å². The Morgan fingerprint density at radius 1 is 1.43 bits per heavy atom. The number of terminal acetylenes is 1. The lowest BCUT2D eigenvalue weighted by atomic mass is 9.90. The quantitative estimate of drug-likeness (QED) is 0.341. The molecule has 21 heavy (non-hydrogen) atoms. The third-order valence-electron chi connectivity index (χ3n) is 3.45. The molecular weight excluding hydrogens is 268 g/mol. The van der Waals surface area contributed by atoms with Gasteiger partial charge in [-0.05, 0) is 52.0 Å². The summed E-state index contributed by atoms with van der Waals surface area (Å²) >= 11 is 0. The van der Waals surface area contributed by atoms with Crippen molar-refractivity contribution in [3.8, 4) is 12.3 Å². The molecule has 116 valence electrons. The first-order valence-corrected chi connectivity index (χ1v) is 7.34. The van der Waals surface area contributed by atoms with Gasteiger partial charge in [0.1, 0.15) is 5.60 Å². The number of amides is 1. The van der Waals surface area contributed by atoms with Crippen LogP contribution in [0.25, 0.3) is 10.4 Å². The van der Waals surface area contributed by atoms with Gasteiger partial charge in [0.2, 0.25) is 0 Å². The third-order valence-corrected chi connectivity index (χ3v) is 3.45. The van der Waals surface area contributed by atoms with Gasteiger partial charge in [-0.25, -0.2) is 4.79 Å². The standard InChI is InChI=1S/C15H24N4O2/c1-5-6-11-19(14(20)21-15(2,3)4)13-9-7-12(8-10-13)17-18-16/h1,12-13H,6-11H2,2-4H3. The average Bonchev–Trinajstić information content (AvgIpc) is 2.39. The number of carbonyl (C=O) groups excluding carboxylic acids is 1. The van der Waals surface area contributed by atoms with Crippen molar-refractivity contribution in [2.24, 2.45) is 5.11 Å². The van der Waals surface area contributed by atoms with E-state index in [9.17, 15) is 4.79 Å². The summed E-state index contributed by atoms with van der Waals surface area (Å²) in [5, 5.41) is 3.76. The first-order valence-electron chi connectivity index (χ1n) is 7.34. The highest BCUT2D eigenvalue weighted by atomic mass is 16.6. The van der Waals surface area contributed by atoms with Crippen LogP contribution in [0.4, 0.5) is 4.79 Å². The topological polar surface area (TPSA) is 78.3 Å². The molecule has 0 radical (unpaired) electrons. The van der Waals surface area contributed by atoms with Gasteiger partial charge in [-0.3, -0.25) is 0 Å². The van der Waals surface area contributed by atoms with Gasteiger partial charge in [0.15, 0.2) is 0 Å². The monoisotopic (exact) mass is 292 g/mol. The molecule has 0 unspecified atom stereocenters. The Bertz CT molecular complexity index is 436. The Balaban J connectivity index is 2.68. The maximum Gasteiger partial charge on any atom is 0.410 e. The predicted octanol–water partition coefficient (Wildman–Crippen LogP) is 3.87. The minimum atomic E-state index is -0.520. The Kier molecular flexibility index (Phi) is 6.39. The molecule has 0 aromatic rings. The van der Waals surface area contributed by atoms with Crippen LogP contribution in [0.5, 0.6) is 0 Å². The summed E-state index contributed by atoms with van der Waals surface area (Å²) in [5.41, 5.74) is 7.96. The second-order valence-electron chi connectivity index (χ2n) is 6.30. The van der Waals surface area contributed by atoms with Crippen LogP contribution in [0, 0.1) is 12.3 Å². The molecule has 0 aromatic heterocycles. The second-order valence-corrected chi connectivity index (χ2v) is 6.30. The van der Waals surface area contributed by atoms with Crippen LogP contribution in [-0.4, -0.2) is 35.2 Å². The predicted molar refractivity (Wildman–Crippen MR) is 81.6 cm³/mol. The van der Waals surface area contributed by atoms with Crippen LogP contribution in [0.3, 0.4) is 0 Å². The van der Waals surface area contributed by atoms with Crippen molar-refractivity contribution >= 4 is 6.09 Å². The zero-order valence-corrected chi connectivity index (χ0v) is 13.1. The molecule has 1 amide bonds. The SMILES string of the molecule is C#CCCN(C(=O)OC(C)(C)C)C1CCC(N=[N+]=[N-])CC1. The van der Waals surface area contributed by atoms with E-state index in [1.807, 2.05) is 20.8 Å². The number of hydrogen-bond donors (Lipinski definition) is 0. The summed E-state index contributed by atoms with van der Waals surface area (Å²) in [4.78, 5) is 16.9. The van der Waals surface area contributed by atoms with Crippen LogP contribution in [0.1, 0.15) is 52.9 Å². The molecule has 0 aliphatic heterocycles. The maximum absolute atomic E-state index is 12.3. The first kappa shape index (κ1) is 17.2. The zero-order valence-electron chi connectivity index (χ0n) is 13.1. The third kappa shape index (κ3) is 5.97. The van der Waals surface area contributed by atoms with Crippen LogP contribution in [0.15, 0.2) is 5.11 Å². The minimum Gasteiger partial charge on any atom is -0.444 e. The van der Waals surface area contributed by atoms with Crippen molar-refractivity contribution in [3.63, 3.8) is 0 Å². The number of rotatable bonds is 4. The molecule has 0 spiro atoms. The summed E-state index contributed by atoms with van der Waals surface area (Å²) < 4.78 is 5.46. The van der Waals surface area contributed by atoms with Gasteiger partial charge in [0.05, 0.1) is 0 Å². The molecule has 6 heteroatoms. The van der Waals surface area contributed by atoms with E-state index in [0.29, 0.717) is 13.0 Å². The fourth-order valence-electron chi connectivity index (χ4n) is 2.49. The van der Waals surface area contributed by atoms with Crippen molar-refractivity contribution in [1.29, 1.82) is 0 Å². The lowest BCUT2D eigenvalue weighted by Gasteiger charge is -2.36. The Labute approximate surface area is 126 Å². The van der Waals surface area contributed by atoms with E-state index >= 15 is 0 Å². The average molecular weight is 292 g/mol. The van der Waals surface area contributed by atoms with Crippen LogP contribution in [0.2, 0.25) is 0 Å². The molecule has 0 atom stereocenters. The van der Waals surface area contributed by atoms with E-state index in [0.717, 1.165) is 25.7 Å². The number of hydrogen-bond acceptors (Lipinski definition) is 3. The normalized spacial score (nSPS) is 21.8. The fraction of sp³-hybridized carbons (Fsp3) is 0.800. The highest BCUT2D eigenvalue weighted by Gasteiger charge is 2.31. The molecule has 1 rings (SSSR count). The van der Waals surface area contributed by atoms with Crippen LogP contribution < -0.4 is 0 Å². The first-order chi connectivity index (χ1) is 9.87. The Morgan fingerprint density at radius 2 is 2.05 bits per heavy atom. The van der Waals surface area contributed by atoms with Gasteiger partial charge in [-0.15, -0.1) is 12.3 Å². The number of ether oxygens (including phenoxy) is 1. The highest BCUT2D eigenvalue weighted by Crippen LogP contribution is 2.26. The van der Waals surface area contributed by atoms with Gasteiger partial charge in [-0.2, -0.15) is 0 Å². The van der Waals surface area contributed by atoms with Crippen molar-refractivity contribution in [1.82, 2.24) is 4.90 Å². The van der Waals surface area contributed by atoms with E-state index in [1.165, 1.54) is 0 Å². The van der Waals surface area contributed by atoms with E-state index in [1.54, 1.807) is 4.90 Å². The molecule has 0 bridgehead atoms. The Hall–Kier alpha value is -1.86. The number of nitrogens with zero attached hydrogens (tertiary/aromatic N) is 4. The van der Waals surface area contributed by atoms with Crippen LogP contribution in [-0.2, 0) is 4.74 Å². The van der Waals surface area contributed by atoms with Crippen LogP contribution >= 0.6 is 0 Å². The smallest absolute Gasteiger partial charge is 0.410 e. The maximum atomic E-state index is 12.3. The summed E-state index contributed by atoms with van der Waals surface area (Å²) in [7, 11) is 0. The van der Waals surface area contributed by atoms with E-state index in [2.05, 4.69) is 15.9 Å². The molecule has 6 nitrogen and oxygen atoms in total. The molecule has 1 saturated carbocycles.